The third-order valence-corrected chi connectivity index (χ3v) is 9.43. The molecule has 0 spiro atoms. The van der Waals surface area contributed by atoms with E-state index in [2.05, 4.69) is 48.4 Å². The molecule has 0 unspecified atom stereocenters. The zero-order valence-electron chi connectivity index (χ0n) is 27.7. The fraction of sp³-hybridized carbons (Fsp3) is 0.229. The standard InChI is InChI=1S/C35H34Cl2N10O3/c1-5-31(48)43-26-13-23(46-10-8-45(9-11-46)19-21-16-40-44(2)18-21)6-7-25(26)42-30-14-27-22(17-38-30)12-24(35-39-20-41-47(27)35)32-33(36)28(49-3)15-29(50-4)34(32)37/h5-7,12-18,20H,1,8-11,19H2,2-4H3,(H,38,42)(H,43,48). The highest BCUT2D eigenvalue weighted by molar-refractivity contribution is 6.41. The minimum atomic E-state index is -0.318. The van der Waals surface area contributed by atoms with Crippen LogP contribution < -0.4 is 25.0 Å². The Morgan fingerprint density at radius 3 is 2.40 bits per heavy atom. The molecule has 50 heavy (non-hydrogen) atoms. The number of hydrogen-bond donors (Lipinski definition) is 2. The number of hydrogen-bond acceptors (Lipinski definition) is 10. The van der Waals surface area contributed by atoms with Crippen LogP contribution in [-0.2, 0) is 18.4 Å². The van der Waals surface area contributed by atoms with Gasteiger partial charge < -0.3 is 25.0 Å². The average molecular weight is 714 g/mol. The second kappa shape index (κ2) is 13.9. The van der Waals surface area contributed by atoms with Crippen LogP contribution in [0.4, 0.5) is 22.9 Å². The van der Waals surface area contributed by atoms with Crippen molar-refractivity contribution in [1.82, 2.24) is 34.3 Å². The monoisotopic (exact) mass is 712 g/mol. The predicted octanol–water partition coefficient (Wildman–Crippen LogP) is 6.19. The van der Waals surface area contributed by atoms with Gasteiger partial charge in [-0.2, -0.15) is 10.2 Å². The van der Waals surface area contributed by atoms with Gasteiger partial charge in [0.05, 0.1) is 47.4 Å². The Hall–Kier alpha value is -5.37. The molecule has 1 saturated heterocycles. The molecule has 5 heterocycles. The summed E-state index contributed by atoms with van der Waals surface area (Å²) in [7, 11) is 4.98. The maximum Gasteiger partial charge on any atom is 0.247 e. The van der Waals surface area contributed by atoms with E-state index in [0.29, 0.717) is 55.5 Å². The van der Waals surface area contributed by atoms with Gasteiger partial charge in [0.1, 0.15) is 23.6 Å². The smallest absolute Gasteiger partial charge is 0.247 e. The number of carbonyl (C=O) groups is 1. The number of amides is 1. The number of anilines is 4. The quantitative estimate of drug-likeness (QED) is 0.159. The minimum Gasteiger partial charge on any atom is -0.495 e. The summed E-state index contributed by atoms with van der Waals surface area (Å²) in [4.78, 5) is 26.5. The number of rotatable bonds is 10. The molecule has 0 saturated carbocycles. The van der Waals surface area contributed by atoms with Crippen LogP contribution in [0.1, 0.15) is 5.56 Å². The lowest BCUT2D eigenvalue weighted by Crippen LogP contribution is -2.45. The average Bonchev–Trinajstić information content (AvgIpc) is 3.79. The van der Waals surface area contributed by atoms with Gasteiger partial charge in [-0.3, -0.25) is 14.4 Å². The van der Waals surface area contributed by atoms with Crippen LogP contribution in [-0.4, -0.2) is 80.6 Å². The number of aromatic nitrogens is 6. The number of benzene rings is 2. The van der Waals surface area contributed by atoms with Crippen molar-refractivity contribution in [3.05, 3.63) is 89.6 Å². The van der Waals surface area contributed by atoms with Gasteiger partial charge in [0, 0.05) is 92.1 Å². The number of nitrogens with zero attached hydrogens (tertiary/aromatic N) is 8. The topological polar surface area (TPSA) is 127 Å². The van der Waals surface area contributed by atoms with Crippen LogP contribution in [0, 0.1) is 0 Å². The van der Waals surface area contributed by atoms with E-state index in [0.717, 1.165) is 49.3 Å². The summed E-state index contributed by atoms with van der Waals surface area (Å²) in [5.41, 5.74) is 5.87. The first-order valence-electron chi connectivity index (χ1n) is 15.8. The van der Waals surface area contributed by atoms with Crippen molar-refractivity contribution < 1.29 is 14.3 Å². The van der Waals surface area contributed by atoms with Crippen LogP contribution in [0.2, 0.25) is 10.0 Å². The molecule has 1 amide bonds. The number of halogens is 2. The summed E-state index contributed by atoms with van der Waals surface area (Å²) >= 11 is 13.6. The largest absolute Gasteiger partial charge is 0.495 e. The lowest BCUT2D eigenvalue weighted by Gasteiger charge is -2.36. The van der Waals surface area contributed by atoms with Crippen LogP contribution in [0.5, 0.6) is 11.5 Å². The highest BCUT2D eigenvalue weighted by atomic mass is 35.5. The molecule has 0 atom stereocenters. The summed E-state index contributed by atoms with van der Waals surface area (Å²) < 4.78 is 14.5. The third-order valence-electron chi connectivity index (χ3n) is 8.68. The summed E-state index contributed by atoms with van der Waals surface area (Å²) in [5, 5.41) is 16.5. The third kappa shape index (κ3) is 6.38. The molecule has 15 heteroatoms. The number of piperazine rings is 1. The Balaban J connectivity index is 1.18. The van der Waals surface area contributed by atoms with E-state index in [4.69, 9.17) is 37.7 Å². The number of carbonyl (C=O) groups excluding carboxylic acids is 1. The summed E-state index contributed by atoms with van der Waals surface area (Å²) in [5.74, 6) is 1.03. The minimum absolute atomic E-state index is 0.318. The normalized spacial score (nSPS) is 13.5. The molecule has 0 aliphatic carbocycles. The van der Waals surface area contributed by atoms with Crippen LogP contribution in [0.15, 0.2) is 74.0 Å². The fourth-order valence-corrected chi connectivity index (χ4v) is 6.89. The van der Waals surface area contributed by atoms with Crippen LogP contribution in [0.25, 0.3) is 27.7 Å². The molecular formula is C35H34Cl2N10O3. The van der Waals surface area contributed by atoms with Crippen molar-refractivity contribution in [3.63, 3.8) is 0 Å². The predicted molar refractivity (Wildman–Crippen MR) is 196 cm³/mol. The van der Waals surface area contributed by atoms with E-state index in [-0.39, 0.29) is 5.91 Å². The van der Waals surface area contributed by atoms with Crippen molar-refractivity contribution >= 4 is 68.5 Å². The number of ether oxygens (including phenoxy) is 2. The van der Waals surface area contributed by atoms with E-state index in [1.165, 1.54) is 32.2 Å². The molecule has 1 aliphatic rings. The van der Waals surface area contributed by atoms with Gasteiger partial charge in [-0.1, -0.05) is 29.8 Å². The first-order chi connectivity index (χ1) is 24.3. The van der Waals surface area contributed by atoms with Crippen LogP contribution >= 0.6 is 23.2 Å². The first-order valence-corrected chi connectivity index (χ1v) is 16.5. The van der Waals surface area contributed by atoms with E-state index < -0.39 is 0 Å². The second-order valence-electron chi connectivity index (χ2n) is 11.8. The molecule has 256 valence electrons. The number of pyridine rings is 2. The van der Waals surface area contributed by atoms with Gasteiger partial charge >= 0.3 is 0 Å². The molecule has 1 aliphatic heterocycles. The molecule has 6 aromatic rings. The van der Waals surface area contributed by atoms with Gasteiger partial charge in [-0.25, -0.2) is 14.5 Å². The molecule has 7 rings (SSSR count). The number of fused-ring (bicyclic) bond motifs is 3. The van der Waals surface area contributed by atoms with Crippen molar-refractivity contribution in [2.24, 2.45) is 7.05 Å². The maximum absolute atomic E-state index is 12.5. The molecule has 0 radical (unpaired) electrons. The molecular weight excluding hydrogens is 679 g/mol. The maximum atomic E-state index is 12.5. The summed E-state index contributed by atoms with van der Waals surface area (Å²) in [6, 6.07) is 11.4. The Kier molecular flexibility index (Phi) is 9.19. The van der Waals surface area contributed by atoms with Crippen molar-refractivity contribution in [1.29, 1.82) is 0 Å². The number of nitrogens with one attached hydrogen (secondary N) is 2. The highest BCUT2D eigenvalue weighted by Gasteiger charge is 2.23. The molecule has 4 aromatic heterocycles. The van der Waals surface area contributed by atoms with Gasteiger partial charge in [-0.05, 0) is 30.3 Å². The Morgan fingerprint density at radius 2 is 1.72 bits per heavy atom. The Bertz CT molecular complexity index is 2220. The number of methoxy groups -OCH3 is 2. The molecule has 1 fully saturated rings. The van der Waals surface area contributed by atoms with Gasteiger partial charge in [0.2, 0.25) is 5.91 Å². The first kappa shape index (κ1) is 33.1. The highest BCUT2D eigenvalue weighted by Crippen LogP contribution is 2.47. The SMILES string of the molecule is C=CC(=O)Nc1cc(N2CCN(Cc3cnn(C)c3)CC2)ccc1Nc1cc2c(cn1)cc(-c1c(Cl)c(OC)cc(OC)c1Cl)c1ncnn12. The van der Waals surface area contributed by atoms with E-state index >= 15 is 0 Å². The molecule has 2 N–H and O–H groups in total. The molecule has 2 aromatic carbocycles. The zero-order valence-corrected chi connectivity index (χ0v) is 29.2. The van der Waals surface area contributed by atoms with Gasteiger partial charge in [0.25, 0.3) is 0 Å². The van der Waals surface area contributed by atoms with Crippen molar-refractivity contribution in [2.45, 2.75) is 6.54 Å². The second-order valence-corrected chi connectivity index (χ2v) is 12.6. The lowest BCUT2D eigenvalue weighted by atomic mass is 10.0. The Morgan fingerprint density at radius 1 is 0.960 bits per heavy atom. The summed E-state index contributed by atoms with van der Waals surface area (Å²) in [6.07, 6.45) is 8.40. The molecule has 0 bridgehead atoms. The molecule has 13 nitrogen and oxygen atoms in total. The van der Waals surface area contributed by atoms with E-state index in [1.807, 2.05) is 48.3 Å². The number of aryl methyl sites for hydroxylation is 1. The summed E-state index contributed by atoms with van der Waals surface area (Å²) in [6.45, 7) is 8.01. The van der Waals surface area contributed by atoms with Crippen molar-refractivity contribution in [3.8, 4) is 22.6 Å². The van der Waals surface area contributed by atoms with Crippen LogP contribution in [0.3, 0.4) is 0 Å². The fourth-order valence-electron chi connectivity index (χ4n) is 6.18. The van der Waals surface area contributed by atoms with Gasteiger partial charge in [-0.15, -0.1) is 0 Å². The van der Waals surface area contributed by atoms with Crippen molar-refractivity contribution in [2.75, 3.05) is 55.9 Å². The Labute approximate surface area is 298 Å². The van der Waals surface area contributed by atoms with E-state index in [9.17, 15) is 4.79 Å². The van der Waals surface area contributed by atoms with Gasteiger partial charge in [0.15, 0.2) is 5.65 Å². The zero-order chi connectivity index (χ0) is 34.9. The lowest BCUT2D eigenvalue weighted by molar-refractivity contribution is -0.111. The van der Waals surface area contributed by atoms with E-state index in [1.54, 1.807) is 16.8 Å².